The number of rotatable bonds is 1. The zero-order valence-electron chi connectivity index (χ0n) is 8.51. The van der Waals surface area contributed by atoms with Crippen molar-refractivity contribution in [3.63, 3.8) is 0 Å². The Morgan fingerprint density at radius 3 is 3.31 bits per heavy atom. The lowest BCUT2D eigenvalue weighted by molar-refractivity contribution is 0.0724. The van der Waals surface area contributed by atoms with Gasteiger partial charge in [0.2, 0.25) is 5.82 Å². The number of hydrogen-bond donors (Lipinski definition) is 1. The van der Waals surface area contributed by atoms with Crippen LogP contribution in [-0.2, 0) is 13.0 Å². The Morgan fingerprint density at radius 1 is 1.56 bits per heavy atom. The molecule has 0 aromatic carbocycles. The van der Waals surface area contributed by atoms with E-state index >= 15 is 0 Å². The maximum Gasteiger partial charge on any atom is 0.291 e. The lowest BCUT2D eigenvalue weighted by atomic mass is 10.1. The molecule has 3 rings (SSSR count). The fourth-order valence-corrected chi connectivity index (χ4v) is 2.77. The predicted octanol–water partition coefficient (Wildman–Crippen LogP) is 1.06. The number of nitrogens with one attached hydrogen (secondary N) is 1. The van der Waals surface area contributed by atoms with Crippen LogP contribution in [-0.4, -0.2) is 32.5 Å². The van der Waals surface area contributed by atoms with Crippen LogP contribution in [0.3, 0.4) is 0 Å². The first-order chi connectivity index (χ1) is 7.84. The van der Waals surface area contributed by atoms with Gasteiger partial charge in [-0.05, 0) is 23.4 Å². The third-order valence-electron chi connectivity index (χ3n) is 2.71. The van der Waals surface area contributed by atoms with Crippen LogP contribution in [0.5, 0.6) is 0 Å². The standard InChI is InChI=1S/C10H10N4OS/c15-10(9-11-6-12-13-9)14-3-1-8-7(5-14)2-4-16-8/h2,4,6H,1,3,5H2,(H,11,12,13). The Bertz CT molecular complexity index is 505. The smallest absolute Gasteiger partial charge is 0.291 e. The monoisotopic (exact) mass is 234 g/mol. The van der Waals surface area contributed by atoms with E-state index in [0.717, 1.165) is 13.0 Å². The second kappa shape index (κ2) is 3.71. The summed E-state index contributed by atoms with van der Waals surface area (Å²) in [7, 11) is 0. The van der Waals surface area contributed by atoms with Gasteiger partial charge in [-0.15, -0.1) is 11.3 Å². The average molecular weight is 234 g/mol. The molecule has 2 aromatic heterocycles. The Morgan fingerprint density at radius 2 is 2.50 bits per heavy atom. The van der Waals surface area contributed by atoms with Gasteiger partial charge in [-0.3, -0.25) is 9.89 Å². The third-order valence-corrected chi connectivity index (χ3v) is 3.74. The average Bonchev–Trinajstić information content (AvgIpc) is 2.98. The van der Waals surface area contributed by atoms with Crippen molar-refractivity contribution in [1.82, 2.24) is 20.1 Å². The van der Waals surface area contributed by atoms with E-state index in [1.807, 2.05) is 0 Å². The van der Waals surface area contributed by atoms with Crippen LogP contribution in [0.1, 0.15) is 21.1 Å². The molecule has 5 nitrogen and oxygen atoms in total. The number of carbonyl (C=O) groups excluding carboxylic acids is 1. The molecular weight excluding hydrogens is 224 g/mol. The number of aromatic nitrogens is 3. The van der Waals surface area contributed by atoms with Gasteiger partial charge in [-0.2, -0.15) is 5.10 Å². The second-order valence-corrected chi connectivity index (χ2v) is 4.68. The van der Waals surface area contributed by atoms with Gasteiger partial charge in [0.1, 0.15) is 6.33 Å². The van der Waals surface area contributed by atoms with E-state index in [4.69, 9.17) is 0 Å². The van der Waals surface area contributed by atoms with Crippen LogP contribution in [0, 0.1) is 0 Å². The fraction of sp³-hybridized carbons (Fsp3) is 0.300. The van der Waals surface area contributed by atoms with Crippen LogP contribution >= 0.6 is 11.3 Å². The summed E-state index contributed by atoms with van der Waals surface area (Å²) in [6.07, 6.45) is 2.29. The van der Waals surface area contributed by atoms with E-state index in [-0.39, 0.29) is 5.91 Å². The molecule has 0 fully saturated rings. The molecule has 0 aliphatic carbocycles. The summed E-state index contributed by atoms with van der Waals surface area (Å²) in [6, 6.07) is 2.08. The van der Waals surface area contributed by atoms with Crippen LogP contribution in [0.2, 0.25) is 0 Å². The predicted molar refractivity (Wildman–Crippen MR) is 59.1 cm³/mol. The molecule has 0 bridgehead atoms. The van der Waals surface area contributed by atoms with Gasteiger partial charge in [0.15, 0.2) is 0 Å². The molecule has 0 unspecified atom stereocenters. The molecule has 1 N–H and O–H groups in total. The number of carbonyl (C=O) groups is 1. The summed E-state index contributed by atoms with van der Waals surface area (Å²) in [5.74, 6) is 0.244. The minimum Gasteiger partial charge on any atom is -0.331 e. The second-order valence-electron chi connectivity index (χ2n) is 3.68. The van der Waals surface area contributed by atoms with Gasteiger partial charge in [-0.25, -0.2) is 4.98 Å². The van der Waals surface area contributed by atoms with Crippen molar-refractivity contribution in [2.45, 2.75) is 13.0 Å². The molecule has 16 heavy (non-hydrogen) atoms. The highest BCUT2D eigenvalue weighted by Crippen LogP contribution is 2.24. The van der Waals surface area contributed by atoms with Gasteiger partial charge >= 0.3 is 0 Å². The van der Waals surface area contributed by atoms with Crippen molar-refractivity contribution >= 4 is 17.2 Å². The molecule has 1 aliphatic heterocycles. The van der Waals surface area contributed by atoms with Crippen molar-refractivity contribution in [1.29, 1.82) is 0 Å². The number of fused-ring (bicyclic) bond motifs is 1. The Labute approximate surface area is 96.1 Å². The van der Waals surface area contributed by atoms with E-state index in [2.05, 4.69) is 26.6 Å². The molecule has 1 amide bonds. The summed E-state index contributed by atoms with van der Waals surface area (Å²) in [5, 5.41) is 8.37. The quantitative estimate of drug-likeness (QED) is 0.802. The number of thiophene rings is 1. The van der Waals surface area contributed by atoms with E-state index in [1.54, 1.807) is 16.2 Å². The topological polar surface area (TPSA) is 61.9 Å². The molecule has 0 saturated heterocycles. The Hall–Kier alpha value is -1.69. The third kappa shape index (κ3) is 1.51. The maximum absolute atomic E-state index is 12.0. The van der Waals surface area contributed by atoms with Gasteiger partial charge in [-0.1, -0.05) is 0 Å². The number of amides is 1. The SMILES string of the molecule is O=C(c1ncn[nH]1)N1CCc2sccc2C1. The van der Waals surface area contributed by atoms with Crippen LogP contribution in [0.25, 0.3) is 0 Å². The van der Waals surface area contributed by atoms with Crippen LogP contribution < -0.4 is 0 Å². The van der Waals surface area contributed by atoms with Crippen molar-refractivity contribution in [2.75, 3.05) is 6.54 Å². The van der Waals surface area contributed by atoms with E-state index in [9.17, 15) is 4.79 Å². The molecule has 82 valence electrons. The molecule has 0 radical (unpaired) electrons. The molecule has 0 atom stereocenters. The van der Waals surface area contributed by atoms with E-state index < -0.39 is 0 Å². The number of nitrogens with zero attached hydrogens (tertiary/aromatic N) is 3. The Kier molecular flexibility index (Phi) is 2.21. The van der Waals surface area contributed by atoms with E-state index in [0.29, 0.717) is 12.4 Å². The molecular formula is C10H10N4OS. The lowest BCUT2D eigenvalue weighted by Crippen LogP contribution is -2.35. The van der Waals surface area contributed by atoms with Crippen LogP contribution in [0.4, 0.5) is 0 Å². The highest BCUT2D eigenvalue weighted by molar-refractivity contribution is 7.10. The van der Waals surface area contributed by atoms with Crippen molar-refractivity contribution in [3.05, 3.63) is 34.0 Å². The van der Waals surface area contributed by atoms with Gasteiger partial charge < -0.3 is 4.90 Å². The summed E-state index contributed by atoms with van der Waals surface area (Å²) >= 11 is 1.76. The zero-order chi connectivity index (χ0) is 11.0. The van der Waals surface area contributed by atoms with Gasteiger partial charge in [0.25, 0.3) is 5.91 Å². The summed E-state index contributed by atoms with van der Waals surface area (Å²) in [4.78, 5) is 19.1. The normalized spacial score (nSPS) is 14.9. The van der Waals surface area contributed by atoms with E-state index in [1.165, 1.54) is 16.8 Å². The maximum atomic E-state index is 12.0. The minimum atomic E-state index is -0.0747. The van der Waals surface area contributed by atoms with Crippen LogP contribution in [0.15, 0.2) is 17.8 Å². The largest absolute Gasteiger partial charge is 0.331 e. The van der Waals surface area contributed by atoms with Gasteiger partial charge in [0.05, 0.1) is 0 Å². The van der Waals surface area contributed by atoms with Crippen molar-refractivity contribution < 1.29 is 4.79 Å². The number of hydrogen-bond acceptors (Lipinski definition) is 4. The minimum absolute atomic E-state index is 0.0747. The molecule has 1 aliphatic rings. The number of aromatic amines is 1. The highest BCUT2D eigenvalue weighted by atomic mass is 32.1. The first kappa shape index (κ1) is 9.53. The van der Waals surface area contributed by atoms with Gasteiger partial charge in [0, 0.05) is 18.0 Å². The summed E-state index contributed by atoms with van der Waals surface area (Å²) < 4.78 is 0. The first-order valence-corrected chi connectivity index (χ1v) is 5.92. The highest BCUT2D eigenvalue weighted by Gasteiger charge is 2.23. The molecule has 0 saturated carbocycles. The molecule has 6 heteroatoms. The van der Waals surface area contributed by atoms with Crippen molar-refractivity contribution in [3.8, 4) is 0 Å². The lowest BCUT2D eigenvalue weighted by Gasteiger charge is -2.25. The molecule has 2 aromatic rings. The number of H-pyrrole nitrogens is 1. The summed E-state index contributed by atoms with van der Waals surface area (Å²) in [5.41, 5.74) is 1.25. The first-order valence-electron chi connectivity index (χ1n) is 5.04. The summed E-state index contributed by atoms with van der Waals surface area (Å²) in [6.45, 7) is 1.44. The molecule has 3 heterocycles. The Balaban J connectivity index is 1.81. The molecule has 0 spiro atoms. The fourth-order valence-electron chi connectivity index (χ4n) is 1.88. The zero-order valence-corrected chi connectivity index (χ0v) is 9.33. The van der Waals surface area contributed by atoms with Crippen molar-refractivity contribution in [2.24, 2.45) is 0 Å².